The second-order valence-electron chi connectivity index (χ2n) is 9.53. The first-order valence-electron chi connectivity index (χ1n) is 13.2. The molecule has 2 aromatic heterocycles. The molecule has 236 valence electrons. The van der Waals surface area contributed by atoms with E-state index in [4.69, 9.17) is 10.1 Å². The van der Waals surface area contributed by atoms with E-state index in [1.54, 1.807) is 0 Å². The molecule has 13 nitrogen and oxygen atoms in total. The minimum absolute atomic E-state index is 0.142. The van der Waals surface area contributed by atoms with E-state index >= 15 is 0 Å². The molecule has 18 heteroatoms. The van der Waals surface area contributed by atoms with Crippen LogP contribution in [0.1, 0.15) is 22.5 Å². The SMILES string of the molecule is N=C(C(=O)Nc1ccn(CCC(F)Cn2cc(C(=O)NCc3cccc(OC(F)(F)F)c3)nn2)c(=O)c1F)N1CCOCC1. The Labute approximate surface area is 246 Å². The number of alkyl halides is 4. The van der Waals surface area contributed by atoms with Crippen molar-refractivity contribution in [3.05, 3.63) is 70.2 Å². The molecule has 0 aliphatic carbocycles. The normalized spacial score (nSPS) is 14.2. The van der Waals surface area contributed by atoms with E-state index in [9.17, 15) is 36.3 Å². The number of carbonyl (C=O) groups excluding carboxylic acids is 2. The summed E-state index contributed by atoms with van der Waals surface area (Å²) in [4.78, 5) is 38.6. The Morgan fingerprint density at radius 1 is 1.18 bits per heavy atom. The number of nitrogens with zero attached hydrogens (tertiary/aromatic N) is 5. The molecule has 0 spiro atoms. The number of hydrogen-bond donors (Lipinski definition) is 3. The highest BCUT2D eigenvalue weighted by Gasteiger charge is 2.31. The zero-order valence-corrected chi connectivity index (χ0v) is 22.9. The summed E-state index contributed by atoms with van der Waals surface area (Å²) in [5.74, 6) is -3.70. The summed E-state index contributed by atoms with van der Waals surface area (Å²) in [6.07, 6.45) is -4.31. The van der Waals surface area contributed by atoms with Crippen molar-refractivity contribution >= 4 is 23.3 Å². The molecule has 0 radical (unpaired) electrons. The van der Waals surface area contributed by atoms with E-state index in [2.05, 4.69) is 25.7 Å². The third kappa shape index (κ3) is 8.82. The largest absolute Gasteiger partial charge is 0.573 e. The van der Waals surface area contributed by atoms with Gasteiger partial charge in [0.15, 0.2) is 11.5 Å². The molecule has 1 fully saturated rings. The molecule has 1 saturated heterocycles. The number of nitrogens with one attached hydrogen (secondary N) is 3. The van der Waals surface area contributed by atoms with Crippen molar-refractivity contribution in [2.75, 3.05) is 31.6 Å². The number of morpholine rings is 1. The molecule has 1 unspecified atom stereocenters. The summed E-state index contributed by atoms with van der Waals surface area (Å²) in [5, 5.41) is 20.0. The Hall–Kier alpha value is -4.87. The van der Waals surface area contributed by atoms with Crippen molar-refractivity contribution in [1.29, 1.82) is 5.41 Å². The van der Waals surface area contributed by atoms with Crippen molar-refractivity contribution < 1.29 is 41.0 Å². The van der Waals surface area contributed by atoms with Crippen LogP contribution in [0, 0.1) is 11.2 Å². The third-order valence-corrected chi connectivity index (χ3v) is 6.32. The molecular weight excluding hydrogens is 599 g/mol. The van der Waals surface area contributed by atoms with E-state index in [-0.39, 0.29) is 31.7 Å². The topological polar surface area (TPSA) is 156 Å². The van der Waals surface area contributed by atoms with Gasteiger partial charge in [-0.3, -0.25) is 19.8 Å². The molecule has 1 aromatic carbocycles. The fourth-order valence-electron chi connectivity index (χ4n) is 4.12. The highest BCUT2D eigenvalue weighted by Crippen LogP contribution is 2.23. The predicted molar refractivity (Wildman–Crippen MR) is 143 cm³/mol. The Bertz CT molecular complexity index is 1550. The number of ether oxygens (including phenoxy) is 2. The van der Waals surface area contributed by atoms with Crippen LogP contribution in [0.2, 0.25) is 0 Å². The van der Waals surface area contributed by atoms with Gasteiger partial charge in [0.25, 0.3) is 17.4 Å². The molecule has 0 saturated carbocycles. The average Bonchev–Trinajstić information content (AvgIpc) is 3.45. The first-order valence-corrected chi connectivity index (χ1v) is 13.2. The number of aromatic nitrogens is 4. The first-order chi connectivity index (χ1) is 20.9. The Morgan fingerprint density at radius 3 is 2.66 bits per heavy atom. The molecule has 44 heavy (non-hydrogen) atoms. The number of halogens is 5. The maximum Gasteiger partial charge on any atom is 0.573 e. The molecule has 3 heterocycles. The Kier molecular flexibility index (Phi) is 10.2. The van der Waals surface area contributed by atoms with Crippen LogP contribution >= 0.6 is 0 Å². The van der Waals surface area contributed by atoms with Gasteiger partial charge in [0.2, 0.25) is 5.82 Å². The van der Waals surface area contributed by atoms with Crippen LogP contribution in [0.5, 0.6) is 5.75 Å². The molecule has 1 aliphatic heterocycles. The quantitative estimate of drug-likeness (QED) is 0.176. The number of hydrogen-bond acceptors (Lipinski definition) is 8. The summed E-state index contributed by atoms with van der Waals surface area (Å²) in [5.41, 5.74) is -1.35. The lowest BCUT2D eigenvalue weighted by atomic mass is 10.2. The van der Waals surface area contributed by atoms with E-state index in [0.717, 1.165) is 27.4 Å². The van der Waals surface area contributed by atoms with E-state index < -0.39 is 53.0 Å². The van der Waals surface area contributed by atoms with E-state index in [0.29, 0.717) is 31.9 Å². The van der Waals surface area contributed by atoms with Gasteiger partial charge in [-0.25, -0.2) is 9.07 Å². The Balaban J connectivity index is 1.25. The van der Waals surface area contributed by atoms with Crippen molar-refractivity contribution in [2.24, 2.45) is 0 Å². The second-order valence-corrected chi connectivity index (χ2v) is 9.53. The first kappa shape index (κ1) is 32.1. The van der Waals surface area contributed by atoms with Crippen molar-refractivity contribution in [1.82, 2.24) is 29.8 Å². The summed E-state index contributed by atoms with van der Waals surface area (Å²) in [6, 6.07) is 6.17. The minimum Gasteiger partial charge on any atom is -0.406 e. The third-order valence-electron chi connectivity index (χ3n) is 6.32. The van der Waals surface area contributed by atoms with Crippen molar-refractivity contribution in [3.63, 3.8) is 0 Å². The maximum atomic E-state index is 14.7. The fourth-order valence-corrected chi connectivity index (χ4v) is 4.12. The summed E-state index contributed by atoms with van der Waals surface area (Å²) in [7, 11) is 0. The lowest BCUT2D eigenvalue weighted by Crippen LogP contribution is -2.45. The predicted octanol–water partition coefficient (Wildman–Crippen LogP) is 2.08. The van der Waals surface area contributed by atoms with Crippen molar-refractivity contribution in [3.8, 4) is 5.75 Å². The lowest BCUT2D eigenvalue weighted by Gasteiger charge is -2.28. The van der Waals surface area contributed by atoms with Gasteiger partial charge in [-0.05, 0) is 30.2 Å². The van der Waals surface area contributed by atoms with Crippen LogP contribution in [0.15, 0.2) is 47.5 Å². The van der Waals surface area contributed by atoms with Crippen molar-refractivity contribution in [2.45, 2.75) is 38.6 Å². The fraction of sp³-hybridized carbons (Fsp3) is 0.385. The summed E-state index contributed by atoms with van der Waals surface area (Å²) in [6.45, 7) is 0.636. The molecule has 1 aliphatic rings. The van der Waals surface area contributed by atoms with Crippen LogP contribution in [-0.2, 0) is 29.2 Å². The van der Waals surface area contributed by atoms with Gasteiger partial charge in [0.1, 0.15) is 11.9 Å². The van der Waals surface area contributed by atoms with Gasteiger partial charge in [0, 0.05) is 32.4 Å². The average molecular weight is 627 g/mol. The van der Waals surface area contributed by atoms with Gasteiger partial charge in [-0.2, -0.15) is 4.39 Å². The number of pyridine rings is 1. The zero-order valence-electron chi connectivity index (χ0n) is 22.9. The number of amidine groups is 1. The monoisotopic (exact) mass is 626 g/mol. The van der Waals surface area contributed by atoms with Gasteiger partial charge in [-0.15, -0.1) is 18.3 Å². The lowest BCUT2D eigenvalue weighted by molar-refractivity contribution is -0.274. The summed E-state index contributed by atoms with van der Waals surface area (Å²) < 4.78 is 77.6. The van der Waals surface area contributed by atoms with E-state index in [1.165, 1.54) is 29.4 Å². The Morgan fingerprint density at radius 2 is 1.93 bits per heavy atom. The smallest absolute Gasteiger partial charge is 0.406 e. The second kappa shape index (κ2) is 14.1. The zero-order chi connectivity index (χ0) is 31.9. The molecule has 3 aromatic rings. The number of carbonyl (C=O) groups is 2. The van der Waals surface area contributed by atoms with Gasteiger partial charge in [0.05, 0.1) is 31.6 Å². The highest BCUT2D eigenvalue weighted by atomic mass is 19.4. The van der Waals surface area contributed by atoms with Gasteiger partial charge < -0.3 is 29.6 Å². The molecule has 3 N–H and O–H groups in total. The van der Waals surface area contributed by atoms with Crippen LogP contribution in [-0.4, -0.2) is 80.9 Å². The van der Waals surface area contributed by atoms with Crippen LogP contribution in [0.4, 0.5) is 27.6 Å². The van der Waals surface area contributed by atoms with E-state index in [1.807, 2.05) is 0 Å². The number of rotatable bonds is 10. The highest BCUT2D eigenvalue weighted by molar-refractivity contribution is 6.40. The molecule has 2 amide bonds. The van der Waals surface area contributed by atoms with Gasteiger partial charge in [-0.1, -0.05) is 17.3 Å². The van der Waals surface area contributed by atoms with Gasteiger partial charge >= 0.3 is 6.36 Å². The standard InChI is InChI=1S/C26H27F5N8O5/c27-17(4-6-38-7-5-19(21(28)25(38)42)34-24(41)22(32)37-8-10-43-11-9-37)14-39-15-20(35-36-39)23(40)33-13-16-2-1-3-18(12-16)44-26(29,30)31/h1-3,5,7,12,15,17,32H,4,6,8-11,13-14H2,(H,33,40)(H,34,41). The molecule has 0 bridgehead atoms. The molecule has 1 atom stereocenters. The number of benzene rings is 1. The number of aryl methyl sites for hydroxylation is 1. The minimum atomic E-state index is -4.86. The number of anilines is 1. The molecule has 4 rings (SSSR count). The summed E-state index contributed by atoms with van der Waals surface area (Å²) >= 11 is 0. The van der Waals surface area contributed by atoms with Crippen LogP contribution in [0.3, 0.4) is 0 Å². The number of amides is 2. The maximum absolute atomic E-state index is 14.7. The molecular formula is C26H27F5N8O5. The van der Waals surface area contributed by atoms with Crippen LogP contribution < -0.4 is 20.9 Å². The van der Waals surface area contributed by atoms with Crippen LogP contribution in [0.25, 0.3) is 0 Å².